The first-order chi connectivity index (χ1) is 13.5. The molecule has 0 radical (unpaired) electrons. The van der Waals surface area contributed by atoms with Crippen molar-refractivity contribution in [3.63, 3.8) is 0 Å². The van der Waals surface area contributed by atoms with Crippen molar-refractivity contribution >= 4 is 11.7 Å². The number of ether oxygens (including phenoxy) is 1. The third-order valence-corrected chi connectivity index (χ3v) is 5.27. The lowest BCUT2D eigenvalue weighted by molar-refractivity contribution is -0.135. The van der Waals surface area contributed by atoms with Crippen LogP contribution in [-0.4, -0.2) is 54.3 Å². The largest absolute Gasteiger partial charge is 0.484 e. The summed E-state index contributed by atoms with van der Waals surface area (Å²) in [7, 11) is 2.12. The summed E-state index contributed by atoms with van der Waals surface area (Å²) >= 11 is 0. The topological polar surface area (TPSA) is 49.9 Å². The molecule has 2 aromatic rings. The molecule has 3 rings (SSSR count). The highest BCUT2D eigenvalue weighted by atomic mass is 16.5. The molecule has 2 aromatic carbocycles. The molecule has 28 heavy (non-hydrogen) atoms. The van der Waals surface area contributed by atoms with Gasteiger partial charge in [-0.05, 0) is 56.6 Å². The fraction of sp³-hybridized carbons (Fsp3) is 0.391. The van der Waals surface area contributed by atoms with Gasteiger partial charge >= 0.3 is 0 Å². The molecule has 1 saturated heterocycles. The molecule has 1 amide bonds. The zero-order valence-electron chi connectivity index (χ0n) is 16.6. The van der Waals surface area contributed by atoms with Gasteiger partial charge < -0.3 is 9.64 Å². The summed E-state index contributed by atoms with van der Waals surface area (Å²) in [6, 6.07) is 17.7. The number of piperidine rings is 1. The molecule has 0 N–H and O–H groups in total. The predicted molar refractivity (Wildman–Crippen MR) is 109 cm³/mol. The third-order valence-electron chi connectivity index (χ3n) is 5.27. The zero-order chi connectivity index (χ0) is 19.9. The van der Waals surface area contributed by atoms with Crippen LogP contribution in [0.4, 0.5) is 0 Å². The van der Waals surface area contributed by atoms with Crippen LogP contribution in [0.15, 0.2) is 54.6 Å². The molecule has 5 heteroatoms. The van der Waals surface area contributed by atoms with Crippen molar-refractivity contribution in [2.24, 2.45) is 0 Å². The Balaban J connectivity index is 1.50. The Bertz CT molecular complexity index is 789. The number of Topliss-reactive ketones (excluding diaryl/α,β-unsaturated/α-hetero) is 1. The Labute approximate surface area is 166 Å². The van der Waals surface area contributed by atoms with E-state index in [0.717, 1.165) is 32.5 Å². The first-order valence-corrected chi connectivity index (χ1v) is 9.78. The second-order valence-corrected chi connectivity index (χ2v) is 7.41. The lowest BCUT2D eigenvalue weighted by Crippen LogP contribution is -2.49. The summed E-state index contributed by atoms with van der Waals surface area (Å²) in [5.74, 6) is 0.628. The molecule has 5 nitrogen and oxygen atoms in total. The molecule has 0 aliphatic carbocycles. The van der Waals surface area contributed by atoms with Crippen LogP contribution in [0, 0.1) is 0 Å². The van der Waals surface area contributed by atoms with Crippen LogP contribution in [0.3, 0.4) is 0 Å². The van der Waals surface area contributed by atoms with Gasteiger partial charge in [-0.15, -0.1) is 0 Å². The molecule has 0 aromatic heterocycles. The highest BCUT2D eigenvalue weighted by Gasteiger charge is 2.26. The standard InChI is InChI=1S/C23H28N2O3/c1-18(26)20-10-12-22(13-11-20)28-17-23(27)25-14-6-9-21(16-25)24(2)15-19-7-4-3-5-8-19/h3-5,7-8,10-13,21H,6,9,14-17H2,1-2H3/t21-/m1/s1. The van der Waals surface area contributed by atoms with Crippen molar-refractivity contribution in [2.75, 3.05) is 26.7 Å². The van der Waals surface area contributed by atoms with Crippen LogP contribution in [0.1, 0.15) is 35.7 Å². The number of carbonyl (C=O) groups excluding carboxylic acids is 2. The van der Waals surface area contributed by atoms with E-state index in [0.29, 0.717) is 17.4 Å². The normalized spacial score (nSPS) is 16.8. The average molecular weight is 380 g/mol. The van der Waals surface area contributed by atoms with Gasteiger partial charge in [0.25, 0.3) is 5.91 Å². The Morgan fingerprint density at radius 3 is 2.50 bits per heavy atom. The molecule has 0 spiro atoms. The molecule has 1 aliphatic rings. The van der Waals surface area contributed by atoms with E-state index in [9.17, 15) is 9.59 Å². The van der Waals surface area contributed by atoms with E-state index in [1.54, 1.807) is 24.3 Å². The minimum Gasteiger partial charge on any atom is -0.484 e. The van der Waals surface area contributed by atoms with Gasteiger partial charge in [0, 0.05) is 31.2 Å². The van der Waals surface area contributed by atoms with Crippen molar-refractivity contribution in [1.82, 2.24) is 9.80 Å². The van der Waals surface area contributed by atoms with Crippen molar-refractivity contribution < 1.29 is 14.3 Å². The van der Waals surface area contributed by atoms with Gasteiger partial charge in [-0.2, -0.15) is 0 Å². The smallest absolute Gasteiger partial charge is 0.260 e. The number of benzene rings is 2. The number of hydrogen-bond donors (Lipinski definition) is 0. The van der Waals surface area contributed by atoms with E-state index < -0.39 is 0 Å². The summed E-state index contributed by atoms with van der Waals surface area (Å²) in [6.07, 6.45) is 2.10. The number of amides is 1. The quantitative estimate of drug-likeness (QED) is 0.691. The van der Waals surface area contributed by atoms with Crippen LogP contribution in [0.5, 0.6) is 5.75 Å². The fourth-order valence-electron chi connectivity index (χ4n) is 3.56. The van der Waals surface area contributed by atoms with Crippen LogP contribution < -0.4 is 4.74 Å². The SMILES string of the molecule is CC(=O)c1ccc(OCC(=O)N2CCC[C@@H](N(C)Cc3ccccc3)C2)cc1. The Morgan fingerprint density at radius 1 is 1.11 bits per heavy atom. The first kappa shape index (κ1) is 20.1. The molecule has 1 aliphatic heterocycles. The van der Waals surface area contributed by atoms with Crippen molar-refractivity contribution in [1.29, 1.82) is 0 Å². The number of likely N-dealkylation sites (tertiary alicyclic amines) is 1. The van der Waals surface area contributed by atoms with E-state index in [-0.39, 0.29) is 18.3 Å². The number of nitrogens with zero attached hydrogens (tertiary/aromatic N) is 2. The maximum absolute atomic E-state index is 12.6. The van der Waals surface area contributed by atoms with E-state index in [1.165, 1.54) is 12.5 Å². The van der Waals surface area contributed by atoms with Gasteiger partial charge in [-0.3, -0.25) is 14.5 Å². The summed E-state index contributed by atoms with van der Waals surface area (Å²) in [6.45, 7) is 3.94. The van der Waals surface area contributed by atoms with Gasteiger partial charge in [0.2, 0.25) is 0 Å². The van der Waals surface area contributed by atoms with Gasteiger partial charge in [0.1, 0.15) is 5.75 Å². The number of ketones is 1. The number of likely N-dealkylation sites (N-methyl/N-ethyl adjacent to an activating group) is 1. The number of rotatable bonds is 7. The van der Waals surface area contributed by atoms with Gasteiger partial charge in [0.05, 0.1) is 0 Å². The number of hydrogen-bond acceptors (Lipinski definition) is 4. The Hall–Kier alpha value is -2.66. The highest BCUT2D eigenvalue weighted by molar-refractivity contribution is 5.94. The van der Waals surface area contributed by atoms with E-state index in [2.05, 4.69) is 36.2 Å². The molecule has 0 saturated carbocycles. The van der Waals surface area contributed by atoms with E-state index >= 15 is 0 Å². The molecular weight excluding hydrogens is 352 g/mol. The lowest BCUT2D eigenvalue weighted by atomic mass is 10.0. The van der Waals surface area contributed by atoms with Gasteiger partial charge in [0.15, 0.2) is 12.4 Å². The summed E-state index contributed by atoms with van der Waals surface area (Å²) in [4.78, 5) is 28.2. The van der Waals surface area contributed by atoms with Crippen LogP contribution in [-0.2, 0) is 11.3 Å². The first-order valence-electron chi connectivity index (χ1n) is 9.78. The maximum Gasteiger partial charge on any atom is 0.260 e. The summed E-state index contributed by atoms with van der Waals surface area (Å²) in [5, 5.41) is 0. The lowest BCUT2D eigenvalue weighted by Gasteiger charge is -2.37. The van der Waals surface area contributed by atoms with Crippen LogP contribution in [0.2, 0.25) is 0 Å². The van der Waals surface area contributed by atoms with Crippen LogP contribution in [0.25, 0.3) is 0 Å². The minimum atomic E-state index is 0.00783. The second-order valence-electron chi connectivity index (χ2n) is 7.41. The fourth-order valence-corrected chi connectivity index (χ4v) is 3.56. The molecule has 1 atom stereocenters. The van der Waals surface area contributed by atoms with Gasteiger partial charge in [-0.1, -0.05) is 30.3 Å². The van der Waals surface area contributed by atoms with E-state index in [4.69, 9.17) is 4.74 Å². The maximum atomic E-state index is 12.6. The third kappa shape index (κ3) is 5.42. The average Bonchev–Trinajstić information content (AvgIpc) is 2.73. The minimum absolute atomic E-state index is 0.00783. The molecular formula is C23H28N2O3. The van der Waals surface area contributed by atoms with Crippen LogP contribution >= 0.6 is 0 Å². The molecule has 1 fully saturated rings. The monoisotopic (exact) mass is 380 g/mol. The highest BCUT2D eigenvalue weighted by Crippen LogP contribution is 2.18. The second kappa shape index (κ2) is 9.51. The number of carbonyl (C=O) groups is 2. The Kier molecular flexibility index (Phi) is 6.82. The van der Waals surface area contributed by atoms with Crippen molar-refractivity contribution in [3.05, 3.63) is 65.7 Å². The van der Waals surface area contributed by atoms with Crippen molar-refractivity contribution in [3.8, 4) is 5.75 Å². The van der Waals surface area contributed by atoms with Crippen molar-refractivity contribution in [2.45, 2.75) is 32.4 Å². The molecule has 0 unspecified atom stereocenters. The van der Waals surface area contributed by atoms with Gasteiger partial charge in [-0.25, -0.2) is 0 Å². The molecule has 148 valence electrons. The zero-order valence-corrected chi connectivity index (χ0v) is 16.6. The summed E-state index contributed by atoms with van der Waals surface area (Å²) < 4.78 is 5.63. The molecule has 0 bridgehead atoms. The van der Waals surface area contributed by atoms with E-state index in [1.807, 2.05) is 11.0 Å². The Morgan fingerprint density at radius 2 is 1.82 bits per heavy atom. The molecule has 1 heterocycles. The summed E-state index contributed by atoms with van der Waals surface area (Å²) in [5.41, 5.74) is 1.92. The predicted octanol–water partition coefficient (Wildman–Crippen LogP) is 3.39.